The molecule has 1 aliphatic heterocycles. The van der Waals surface area contributed by atoms with Crippen molar-refractivity contribution in [2.45, 2.75) is 45.6 Å². The molecule has 1 aliphatic rings. The molecule has 1 nitrogen and oxygen atoms in total. The number of nitrogens with zero attached hydrogens (tertiary/aromatic N) is 1. The lowest BCUT2D eigenvalue weighted by Crippen LogP contribution is -2.29. The number of likely N-dealkylation sites (tertiary alicyclic amines) is 1. The molecule has 0 spiro atoms. The summed E-state index contributed by atoms with van der Waals surface area (Å²) in [7, 11) is 0. The van der Waals surface area contributed by atoms with E-state index in [0.717, 1.165) is 12.3 Å². The summed E-state index contributed by atoms with van der Waals surface area (Å²) >= 11 is 0. The molecule has 0 bridgehead atoms. The predicted octanol–water partition coefficient (Wildman–Crippen LogP) is 3.59. The molecule has 0 N–H and O–H groups in total. The molecule has 0 aliphatic carbocycles. The first-order chi connectivity index (χ1) is 6.72. The first-order valence-corrected chi connectivity index (χ1v) is 5.79. The molecule has 0 saturated carbocycles. The Morgan fingerprint density at radius 2 is 2.29 bits per heavy atom. The van der Waals surface area contributed by atoms with Crippen LogP contribution in [-0.4, -0.2) is 17.5 Å². The molecular formula is C13H23N. The Hall–Kier alpha value is -0.720. The second-order valence-electron chi connectivity index (χ2n) is 4.29. The van der Waals surface area contributed by atoms with Crippen LogP contribution in [0.1, 0.15) is 39.5 Å². The van der Waals surface area contributed by atoms with Gasteiger partial charge in [-0.3, -0.25) is 0 Å². The van der Waals surface area contributed by atoms with Gasteiger partial charge in [-0.15, -0.1) is 6.58 Å². The first kappa shape index (κ1) is 11.4. The number of hydrogen-bond acceptors (Lipinski definition) is 1. The minimum Gasteiger partial charge on any atom is -0.369 e. The molecule has 1 fully saturated rings. The summed E-state index contributed by atoms with van der Waals surface area (Å²) in [6.07, 6.45) is 7.01. The Kier molecular flexibility index (Phi) is 4.24. The van der Waals surface area contributed by atoms with Gasteiger partial charge in [-0.25, -0.2) is 0 Å². The second-order valence-corrected chi connectivity index (χ2v) is 4.29. The van der Waals surface area contributed by atoms with Gasteiger partial charge in [0.05, 0.1) is 0 Å². The van der Waals surface area contributed by atoms with Crippen LogP contribution >= 0.6 is 0 Å². The molecule has 2 atom stereocenters. The second kappa shape index (κ2) is 5.23. The number of rotatable bonds is 5. The van der Waals surface area contributed by atoms with Gasteiger partial charge in [0.1, 0.15) is 0 Å². The first-order valence-electron chi connectivity index (χ1n) is 5.79. The van der Waals surface area contributed by atoms with Crippen molar-refractivity contribution in [3.05, 3.63) is 24.9 Å². The van der Waals surface area contributed by atoms with Crippen molar-refractivity contribution in [3.8, 4) is 0 Å². The monoisotopic (exact) mass is 193 g/mol. The van der Waals surface area contributed by atoms with E-state index in [1.807, 2.05) is 0 Å². The molecule has 0 radical (unpaired) electrons. The van der Waals surface area contributed by atoms with E-state index in [1.54, 1.807) is 0 Å². The van der Waals surface area contributed by atoms with Crippen LogP contribution in [0.25, 0.3) is 0 Å². The molecule has 80 valence electrons. The normalized spacial score (nSPS) is 24.0. The molecule has 1 heterocycles. The Balaban J connectivity index is 2.55. The molecule has 0 aromatic carbocycles. The SMILES string of the molecule is C=CC(CC)N1CC(CCC)CC1=C. The maximum atomic E-state index is 4.16. The topological polar surface area (TPSA) is 3.24 Å². The van der Waals surface area contributed by atoms with Crippen LogP contribution in [0.2, 0.25) is 0 Å². The Morgan fingerprint density at radius 1 is 1.57 bits per heavy atom. The molecule has 1 rings (SSSR count). The van der Waals surface area contributed by atoms with Crippen molar-refractivity contribution in [2.75, 3.05) is 6.54 Å². The Bertz CT molecular complexity index is 207. The molecule has 1 saturated heterocycles. The van der Waals surface area contributed by atoms with E-state index >= 15 is 0 Å². The summed E-state index contributed by atoms with van der Waals surface area (Å²) in [5.41, 5.74) is 1.32. The standard InChI is InChI=1S/C13H23N/c1-5-8-12-9-11(4)14(10-12)13(6-2)7-3/h6,12-13H,2,4-5,7-10H2,1,3H3. The van der Waals surface area contributed by atoms with Gasteiger partial charge in [0.15, 0.2) is 0 Å². The van der Waals surface area contributed by atoms with E-state index in [2.05, 4.69) is 38.0 Å². The van der Waals surface area contributed by atoms with Crippen LogP contribution in [-0.2, 0) is 0 Å². The third-order valence-electron chi connectivity index (χ3n) is 3.17. The summed E-state index contributed by atoms with van der Waals surface area (Å²) < 4.78 is 0. The fourth-order valence-electron chi connectivity index (χ4n) is 2.41. The van der Waals surface area contributed by atoms with Gasteiger partial charge in [-0.05, 0) is 25.2 Å². The van der Waals surface area contributed by atoms with Gasteiger partial charge in [-0.2, -0.15) is 0 Å². The van der Waals surface area contributed by atoms with Crippen molar-refractivity contribution in [1.82, 2.24) is 4.90 Å². The van der Waals surface area contributed by atoms with E-state index in [9.17, 15) is 0 Å². The average Bonchev–Trinajstić information content (AvgIpc) is 2.51. The summed E-state index contributed by atoms with van der Waals surface area (Å²) in [4.78, 5) is 2.44. The number of allylic oxidation sites excluding steroid dienone is 1. The van der Waals surface area contributed by atoms with Crippen LogP contribution < -0.4 is 0 Å². The maximum absolute atomic E-state index is 4.16. The summed E-state index contributed by atoms with van der Waals surface area (Å²) in [6, 6.07) is 0.504. The molecule has 0 aromatic heterocycles. The zero-order chi connectivity index (χ0) is 10.6. The van der Waals surface area contributed by atoms with Crippen molar-refractivity contribution in [2.24, 2.45) is 5.92 Å². The number of hydrogen-bond donors (Lipinski definition) is 0. The lowest BCUT2D eigenvalue weighted by Gasteiger charge is -2.27. The smallest absolute Gasteiger partial charge is 0.0464 e. The summed E-state index contributed by atoms with van der Waals surface area (Å²) in [5, 5.41) is 0. The van der Waals surface area contributed by atoms with Crippen molar-refractivity contribution in [1.29, 1.82) is 0 Å². The Labute approximate surface area is 88.5 Å². The maximum Gasteiger partial charge on any atom is 0.0464 e. The highest BCUT2D eigenvalue weighted by Crippen LogP contribution is 2.31. The quantitative estimate of drug-likeness (QED) is 0.603. The van der Waals surface area contributed by atoms with Crippen LogP contribution in [0.4, 0.5) is 0 Å². The zero-order valence-electron chi connectivity index (χ0n) is 9.63. The largest absolute Gasteiger partial charge is 0.369 e. The molecule has 1 heteroatoms. The lowest BCUT2D eigenvalue weighted by atomic mass is 10.0. The molecule has 0 aromatic rings. The van der Waals surface area contributed by atoms with Crippen molar-refractivity contribution < 1.29 is 0 Å². The van der Waals surface area contributed by atoms with Gasteiger partial charge in [0.25, 0.3) is 0 Å². The van der Waals surface area contributed by atoms with Crippen LogP contribution in [0.5, 0.6) is 0 Å². The van der Waals surface area contributed by atoms with Crippen molar-refractivity contribution in [3.63, 3.8) is 0 Å². The van der Waals surface area contributed by atoms with Gasteiger partial charge in [-0.1, -0.05) is 32.9 Å². The van der Waals surface area contributed by atoms with Crippen LogP contribution in [0, 0.1) is 5.92 Å². The summed E-state index contributed by atoms with van der Waals surface area (Å²) in [6.45, 7) is 13.7. The summed E-state index contributed by atoms with van der Waals surface area (Å²) in [5.74, 6) is 0.835. The van der Waals surface area contributed by atoms with Crippen LogP contribution in [0.3, 0.4) is 0 Å². The van der Waals surface area contributed by atoms with Gasteiger partial charge < -0.3 is 4.90 Å². The molecular weight excluding hydrogens is 170 g/mol. The van der Waals surface area contributed by atoms with Crippen LogP contribution in [0.15, 0.2) is 24.9 Å². The third-order valence-corrected chi connectivity index (χ3v) is 3.17. The van der Waals surface area contributed by atoms with E-state index in [0.29, 0.717) is 6.04 Å². The molecule has 2 unspecified atom stereocenters. The fourth-order valence-corrected chi connectivity index (χ4v) is 2.41. The molecule has 0 amide bonds. The highest BCUT2D eigenvalue weighted by molar-refractivity contribution is 5.08. The third kappa shape index (κ3) is 2.40. The molecule has 14 heavy (non-hydrogen) atoms. The minimum absolute atomic E-state index is 0.504. The lowest BCUT2D eigenvalue weighted by molar-refractivity contribution is 0.301. The predicted molar refractivity (Wildman–Crippen MR) is 63.1 cm³/mol. The Morgan fingerprint density at radius 3 is 2.79 bits per heavy atom. The van der Waals surface area contributed by atoms with Gasteiger partial charge >= 0.3 is 0 Å². The zero-order valence-corrected chi connectivity index (χ0v) is 9.63. The average molecular weight is 193 g/mol. The van der Waals surface area contributed by atoms with Crippen molar-refractivity contribution >= 4 is 0 Å². The van der Waals surface area contributed by atoms with Gasteiger partial charge in [0, 0.05) is 18.3 Å². The highest BCUT2D eigenvalue weighted by atomic mass is 15.2. The van der Waals surface area contributed by atoms with E-state index < -0.39 is 0 Å². The van der Waals surface area contributed by atoms with E-state index in [-0.39, 0.29) is 0 Å². The van der Waals surface area contributed by atoms with E-state index in [4.69, 9.17) is 0 Å². The van der Waals surface area contributed by atoms with E-state index in [1.165, 1.54) is 31.5 Å². The fraction of sp³-hybridized carbons (Fsp3) is 0.692. The highest BCUT2D eigenvalue weighted by Gasteiger charge is 2.27. The van der Waals surface area contributed by atoms with Gasteiger partial charge in [0.2, 0.25) is 0 Å². The minimum atomic E-state index is 0.504.